The van der Waals surface area contributed by atoms with Crippen molar-refractivity contribution in [2.45, 2.75) is 26.8 Å². The Bertz CT molecular complexity index is 879. The first-order valence-electron chi connectivity index (χ1n) is 9.41. The lowest BCUT2D eigenvalue weighted by Gasteiger charge is -2.14. The molecule has 0 aliphatic carbocycles. The van der Waals surface area contributed by atoms with Crippen molar-refractivity contribution in [1.29, 1.82) is 0 Å². The molecule has 7 nitrogen and oxygen atoms in total. The predicted octanol–water partition coefficient (Wildman–Crippen LogP) is 2.36. The smallest absolute Gasteiger partial charge is 0.344 e. The molecule has 0 aliphatic rings. The Hall–Kier alpha value is -3.42. The van der Waals surface area contributed by atoms with Gasteiger partial charge >= 0.3 is 5.97 Å². The molecule has 0 saturated heterocycles. The number of hydrogen-bond donors (Lipinski definition) is 2. The van der Waals surface area contributed by atoms with Gasteiger partial charge in [0, 0.05) is 0 Å². The Morgan fingerprint density at radius 2 is 1.60 bits per heavy atom. The summed E-state index contributed by atoms with van der Waals surface area (Å²) < 4.78 is 23.1. The average molecular weight is 416 g/mol. The number of esters is 1. The fourth-order valence-corrected chi connectivity index (χ4v) is 2.70. The summed E-state index contributed by atoms with van der Waals surface area (Å²) in [5.41, 5.74) is 2.74. The summed E-state index contributed by atoms with van der Waals surface area (Å²) in [5, 5.41) is 5.04. The highest BCUT2D eigenvalue weighted by atomic mass is 19.1. The Morgan fingerprint density at radius 1 is 0.967 bits per heavy atom. The van der Waals surface area contributed by atoms with E-state index in [1.165, 1.54) is 12.1 Å². The highest BCUT2D eigenvalue weighted by molar-refractivity contribution is 5.86. The lowest BCUT2D eigenvalue weighted by atomic mass is 10.1. The SMILES string of the molecule is Cc1cc(C)cc(OCC(=O)OCC(=O)NCC(=O)NC(C)c2ccc(F)cc2)c1. The van der Waals surface area contributed by atoms with Gasteiger partial charge in [0.05, 0.1) is 12.6 Å². The Labute approximate surface area is 174 Å². The molecule has 2 N–H and O–H groups in total. The molecule has 1 unspecified atom stereocenters. The Morgan fingerprint density at radius 3 is 2.23 bits per heavy atom. The summed E-state index contributed by atoms with van der Waals surface area (Å²) in [6.45, 7) is 4.45. The molecule has 0 fully saturated rings. The van der Waals surface area contributed by atoms with Crippen molar-refractivity contribution in [1.82, 2.24) is 10.6 Å². The number of benzene rings is 2. The van der Waals surface area contributed by atoms with Crippen molar-refractivity contribution in [2.75, 3.05) is 19.8 Å². The highest BCUT2D eigenvalue weighted by Gasteiger charge is 2.13. The fraction of sp³-hybridized carbons (Fsp3) is 0.318. The number of hydrogen-bond acceptors (Lipinski definition) is 5. The zero-order valence-corrected chi connectivity index (χ0v) is 17.2. The number of ether oxygens (including phenoxy) is 2. The number of carbonyl (C=O) groups excluding carboxylic acids is 3. The van der Waals surface area contributed by atoms with E-state index in [0.29, 0.717) is 5.75 Å². The van der Waals surface area contributed by atoms with Gasteiger partial charge in [-0.25, -0.2) is 9.18 Å². The van der Waals surface area contributed by atoms with Crippen LogP contribution in [0.2, 0.25) is 0 Å². The van der Waals surface area contributed by atoms with Crippen molar-refractivity contribution in [3.63, 3.8) is 0 Å². The predicted molar refractivity (Wildman–Crippen MR) is 108 cm³/mol. The standard InChI is InChI=1S/C22H25FN2O5/c1-14-8-15(2)10-19(9-14)29-13-22(28)30-12-21(27)24-11-20(26)25-16(3)17-4-6-18(23)7-5-17/h4-10,16H,11-13H2,1-3H3,(H,24,27)(H,25,26). The summed E-state index contributed by atoms with van der Waals surface area (Å²) in [6, 6.07) is 10.9. The van der Waals surface area contributed by atoms with Crippen molar-refractivity contribution in [2.24, 2.45) is 0 Å². The minimum Gasteiger partial charge on any atom is -0.482 e. The van der Waals surface area contributed by atoms with Gasteiger partial charge in [0.2, 0.25) is 5.91 Å². The fourth-order valence-electron chi connectivity index (χ4n) is 2.70. The summed E-state index contributed by atoms with van der Waals surface area (Å²) in [6.07, 6.45) is 0. The van der Waals surface area contributed by atoms with Gasteiger partial charge in [-0.05, 0) is 61.7 Å². The van der Waals surface area contributed by atoms with E-state index in [9.17, 15) is 18.8 Å². The minimum atomic E-state index is -0.696. The molecule has 30 heavy (non-hydrogen) atoms. The minimum absolute atomic E-state index is 0.277. The van der Waals surface area contributed by atoms with Crippen LogP contribution in [0.25, 0.3) is 0 Å². The second-order valence-corrected chi connectivity index (χ2v) is 6.89. The number of rotatable bonds is 9. The van der Waals surface area contributed by atoms with Crippen LogP contribution in [0, 0.1) is 19.7 Å². The molecule has 0 radical (unpaired) electrons. The molecule has 0 aromatic heterocycles. The van der Waals surface area contributed by atoms with E-state index in [2.05, 4.69) is 10.6 Å². The summed E-state index contributed by atoms with van der Waals surface area (Å²) in [5.74, 6) is -1.55. The van der Waals surface area contributed by atoms with Gasteiger partial charge in [-0.15, -0.1) is 0 Å². The molecular weight excluding hydrogens is 391 g/mol. The normalized spacial score (nSPS) is 11.3. The van der Waals surface area contributed by atoms with E-state index >= 15 is 0 Å². The van der Waals surface area contributed by atoms with Crippen LogP contribution >= 0.6 is 0 Å². The van der Waals surface area contributed by atoms with E-state index in [4.69, 9.17) is 9.47 Å². The van der Waals surface area contributed by atoms with Gasteiger partial charge in [-0.2, -0.15) is 0 Å². The van der Waals surface area contributed by atoms with Crippen LogP contribution in [0.5, 0.6) is 5.75 Å². The van der Waals surface area contributed by atoms with E-state index < -0.39 is 24.4 Å². The van der Waals surface area contributed by atoms with E-state index in [0.717, 1.165) is 16.7 Å². The van der Waals surface area contributed by atoms with Gasteiger partial charge in [-0.3, -0.25) is 9.59 Å². The third kappa shape index (κ3) is 7.90. The molecule has 160 valence electrons. The lowest BCUT2D eigenvalue weighted by Crippen LogP contribution is -2.39. The molecule has 0 aliphatic heterocycles. The molecule has 2 amide bonds. The van der Waals surface area contributed by atoms with Gasteiger partial charge in [0.1, 0.15) is 11.6 Å². The van der Waals surface area contributed by atoms with Crippen LogP contribution in [0.15, 0.2) is 42.5 Å². The van der Waals surface area contributed by atoms with Crippen LogP contribution in [0.3, 0.4) is 0 Å². The van der Waals surface area contributed by atoms with Gasteiger partial charge < -0.3 is 20.1 Å². The summed E-state index contributed by atoms with van der Waals surface area (Å²) in [4.78, 5) is 35.4. The number of halogens is 1. The maximum atomic E-state index is 12.9. The molecule has 1 atom stereocenters. The molecule has 2 aromatic rings. The zero-order chi connectivity index (χ0) is 22.1. The second-order valence-electron chi connectivity index (χ2n) is 6.89. The first-order valence-corrected chi connectivity index (χ1v) is 9.41. The van der Waals surface area contributed by atoms with Crippen LogP contribution in [-0.4, -0.2) is 37.5 Å². The van der Waals surface area contributed by atoms with Crippen LogP contribution < -0.4 is 15.4 Å². The van der Waals surface area contributed by atoms with Gasteiger partial charge in [0.15, 0.2) is 13.2 Å². The molecule has 0 heterocycles. The van der Waals surface area contributed by atoms with Gasteiger partial charge in [-0.1, -0.05) is 18.2 Å². The highest BCUT2D eigenvalue weighted by Crippen LogP contribution is 2.16. The monoisotopic (exact) mass is 416 g/mol. The molecule has 8 heteroatoms. The Kier molecular flexibility index (Phi) is 8.34. The van der Waals surface area contributed by atoms with Crippen molar-refractivity contribution < 1.29 is 28.2 Å². The Balaban J connectivity index is 1.65. The maximum absolute atomic E-state index is 12.9. The molecular formula is C22H25FN2O5. The largest absolute Gasteiger partial charge is 0.482 e. The summed E-state index contributed by atoms with van der Waals surface area (Å²) >= 11 is 0. The summed E-state index contributed by atoms with van der Waals surface area (Å²) in [7, 11) is 0. The van der Waals surface area contributed by atoms with Crippen LogP contribution in [0.4, 0.5) is 4.39 Å². The first-order chi connectivity index (χ1) is 14.2. The molecule has 2 aromatic carbocycles. The number of aryl methyl sites for hydroxylation is 2. The number of amides is 2. The van der Waals surface area contributed by atoms with Crippen LogP contribution in [-0.2, 0) is 19.1 Å². The second kappa shape index (κ2) is 10.9. The maximum Gasteiger partial charge on any atom is 0.344 e. The topological polar surface area (TPSA) is 93.7 Å². The van der Waals surface area contributed by atoms with E-state index in [-0.39, 0.29) is 25.0 Å². The molecule has 0 bridgehead atoms. The zero-order valence-electron chi connectivity index (χ0n) is 17.2. The van der Waals surface area contributed by atoms with Crippen molar-refractivity contribution >= 4 is 17.8 Å². The van der Waals surface area contributed by atoms with Crippen molar-refractivity contribution in [3.05, 3.63) is 65.0 Å². The molecule has 0 saturated carbocycles. The third-order valence-electron chi connectivity index (χ3n) is 4.11. The molecule has 0 spiro atoms. The number of carbonyl (C=O) groups is 3. The third-order valence-corrected chi connectivity index (χ3v) is 4.11. The first kappa shape index (κ1) is 22.9. The average Bonchev–Trinajstić information content (AvgIpc) is 2.69. The van der Waals surface area contributed by atoms with E-state index in [1.54, 1.807) is 31.2 Å². The number of nitrogens with one attached hydrogen (secondary N) is 2. The van der Waals surface area contributed by atoms with E-state index in [1.807, 2.05) is 19.9 Å². The quantitative estimate of drug-likeness (QED) is 0.612. The lowest BCUT2D eigenvalue weighted by molar-refractivity contribution is -0.150. The van der Waals surface area contributed by atoms with Gasteiger partial charge in [0.25, 0.3) is 5.91 Å². The van der Waals surface area contributed by atoms with Crippen molar-refractivity contribution in [3.8, 4) is 5.75 Å². The van der Waals surface area contributed by atoms with Crippen LogP contribution in [0.1, 0.15) is 29.7 Å². The molecule has 2 rings (SSSR count).